The number of nitrogens with one attached hydrogen (secondary N) is 1. The maximum absolute atomic E-state index is 4.34. The predicted octanol–water partition coefficient (Wildman–Crippen LogP) is 3.61. The van der Waals surface area contributed by atoms with Gasteiger partial charge < -0.3 is 5.32 Å². The largest absolute Gasteiger partial charge is 0.364 e. The summed E-state index contributed by atoms with van der Waals surface area (Å²) in [7, 11) is 0. The maximum atomic E-state index is 4.34. The first-order valence-corrected chi connectivity index (χ1v) is 7.22. The Morgan fingerprint density at radius 3 is 2.86 bits per heavy atom. The van der Waals surface area contributed by atoms with Crippen molar-refractivity contribution in [2.24, 2.45) is 0 Å². The number of aromatic nitrogens is 4. The van der Waals surface area contributed by atoms with Crippen molar-refractivity contribution in [3.05, 3.63) is 60.8 Å². The molecular weight excluding hydrogens is 274 g/mol. The number of benzene rings is 2. The van der Waals surface area contributed by atoms with Crippen LogP contribution in [0.3, 0.4) is 0 Å². The van der Waals surface area contributed by atoms with Crippen molar-refractivity contribution in [1.29, 1.82) is 0 Å². The molecule has 0 spiro atoms. The number of fused-ring (bicyclic) bond motifs is 2. The Morgan fingerprint density at radius 1 is 1.00 bits per heavy atom. The number of nitrogens with zero attached hydrogens (tertiary/aromatic N) is 4. The molecule has 4 aromatic rings. The first-order valence-electron chi connectivity index (χ1n) is 7.22. The minimum absolute atomic E-state index is 0.00141. The molecule has 4 rings (SSSR count). The molecule has 0 amide bonds. The second-order valence-electron chi connectivity index (χ2n) is 5.25. The SMILES string of the molecule is CC(Nc1ccc2ncccc2c1)n1nnc2ccccc21. The van der Waals surface area contributed by atoms with Crippen molar-refractivity contribution in [2.75, 3.05) is 5.32 Å². The molecule has 0 fully saturated rings. The Balaban J connectivity index is 1.66. The lowest BCUT2D eigenvalue weighted by Gasteiger charge is -2.16. The van der Waals surface area contributed by atoms with E-state index in [1.807, 2.05) is 47.1 Å². The number of pyridine rings is 1. The topological polar surface area (TPSA) is 55.6 Å². The molecule has 5 nitrogen and oxygen atoms in total. The zero-order valence-corrected chi connectivity index (χ0v) is 12.1. The fraction of sp³-hybridized carbons (Fsp3) is 0.118. The summed E-state index contributed by atoms with van der Waals surface area (Å²) >= 11 is 0. The maximum Gasteiger partial charge on any atom is 0.120 e. The van der Waals surface area contributed by atoms with Crippen LogP contribution in [0, 0.1) is 0 Å². The number of anilines is 1. The Bertz CT molecular complexity index is 944. The second kappa shape index (κ2) is 5.11. The van der Waals surface area contributed by atoms with Crippen LogP contribution in [-0.4, -0.2) is 20.0 Å². The Morgan fingerprint density at radius 2 is 1.91 bits per heavy atom. The summed E-state index contributed by atoms with van der Waals surface area (Å²) in [6.07, 6.45) is 1.81. The standard InChI is InChI=1S/C17H15N5/c1-12(22-17-7-3-2-6-16(17)20-21-22)19-14-8-9-15-13(11-14)5-4-10-18-15/h2-12,19H,1H3. The molecular formula is C17H15N5. The van der Waals surface area contributed by atoms with Crippen LogP contribution < -0.4 is 5.32 Å². The van der Waals surface area contributed by atoms with E-state index in [-0.39, 0.29) is 6.17 Å². The zero-order valence-electron chi connectivity index (χ0n) is 12.1. The molecule has 108 valence electrons. The summed E-state index contributed by atoms with van der Waals surface area (Å²) in [5, 5.41) is 13.0. The lowest BCUT2D eigenvalue weighted by molar-refractivity contribution is 0.542. The first kappa shape index (κ1) is 12.8. The molecule has 2 aromatic heterocycles. The van der Waals surface area contributed by atoms with Gasteiger partial charge in [-0.2, -0.15) is 0 Å². The van der Waals surface area contributed by atoms with Gasteiger partial charge in [0.15, 0.2) is 0 Å². The van der Waals surface area contributed by atoms with Gasteiger partial charge in [0, 0.05) is 17.3 Å². The van der Waals surface area contributed by atoms with Crippen LogP contribution >= 0.6 is 0 Å². The third-order valence-electron chi connectivity index (χ3n) is 3.72. The van der Waals surface area contributed by atoms with Crippen LogP contribution in [0.2, 0.25) is 0 Å². The third-order valence-corrected chi connectivity index (χ3v) is 3.72. The molecule has 0 bridgehead atoms. The van der Waals surface area contributed by atoms with E-state index >= 15 is 0 Å². The molecule has 0 radical (unpaired) electrons. The smallest absolute Gasteiger partial charge is 0.120 e. The van der Waals surface area contributed by atoms with E-state index in [0.717, 1.165) is 27.6 Å². The molecule has 1 atom stereocenters. The van der Waals surface area contributed by atoms with Crippen molar-refractivity contribution in [3.8, 4) is 0 Å². The molecule has 0 saturated carbocycles. The van der Waals surface area contributed by atoms with Crippen LogP contribution in [0.4, 0.5) is 5.69 Å². The highest BCUT2D eigenvalue weighted by Gasteiger charge is 2.10. The van der Waals surface area contributed by atoms with E-state index in [4.69, 9.17) is 0 Å². The molecule has 1 unspecified atom stereocenters. The zero-order chi connectivity index (χ0) is 14.9. The third kappa shape index (κ3) is 2.16. The molecule has 1 N–H and O–H groups in total. The number of hydrogen-bond acceptors (Lipinski definition) is 4. The summed E-state index contributed by atoms with van der Waals surface area (Å²) in [5.41, 5.74) is 3.95. The average Bonchev–Trinajstić information content (AvgIpc) is 2.99. The van der Waals surface area contributed by atoms with E-state index in [1.165, 1.54) is 0 Å². The summed E-state index contributed by atoms with van der Waals surface area (Å²) in [4.78, 5) is 4.34. The number of para-hydroxylation sites is 1. The molecule has 22 heavy (non-hydrogen) atoms. The van der Waals surface area contributed by atoms with Crippen molar-refractivity contribution in [1.82, 2.24) is 20.0 Å². The minimum Gasteiger partial charge on any atom is -0.364 e. The predicted molar refractivity (Wildman–Crippen MR) is 87.6 cm³/mol. The fourth-order valence-corrected chi connectivity index (χ4v) is 2.64. The van der Waals surface area contributed by atoms with Crippen LogP contribution in [0.15, 0.2) is 60.8 Å². The van der Waals surface area contributed by atoms with Gasteiger partial charge >= 0.3 is 0 Å². The Labute approximate surface area is 127 Å². The van der Waals surface area contributed by atoms with E-state index in [0.29, 0.717) is 0 Å². The van der Waals surface area contributed by atoms with Crippen molar-refractivity contribution >= 4 is 27.6 Å². The number of rotatable bonds is 3. The van der Waals surface area contributed by atoms with Gasteiger partial charge in [-0.1, -0.05) is 23.4 Å². The first-order chi connectivity index (χ1) is 10.8. The average molecular weight is 289 g/mol. The summed E-state index contributed by atoms with van der Waals surface area (Å²) in [6.45, 7) is 2.06. The quantitative estimate of drug-likeness (QED) is 0.626. The monoisotopic (exact) mass is 289 g/mol. The van der Waals surface area contributed by atoms with Crippen molar-refractivity contribution < 1.29 is 0 Å². The molecule has 2 aromatic carbocycles. The van der Waals surface area contributed by atoms with Crippen LogP contribution in [0.25, 0.3) is 21.9 Å². The van der Waals surface area contributed by atoms with Crippen LogP contribution in [0.1, 0.15) is 13.1 Å². The Hall–Kier alpha value is -2.95. The minimum atomic E-state index is 0.00141. The van der Waals surface area contributed by atoms with E-state index in [9.17, 15) is 0 Å². The highest BCUT2D eigenvalue weighted by atomic mass is 15.5. The van der Waals surface area contributed by atoms with Gasteiger partial charge in [0.25, 0.3) is 0 Å². The van der Waals surface area contributed by atoms with Gasteiger partial charge in [0.2, 0.25) is 0 Å². The molecule has 0 saturated heterocycles. The van der Waals surface area contributed by atoms with Crippen molar-refractivity contribution in [3.63, 3.8) is 0 Å². The van der Waals surface area contributed by atoms with E-state index < -0.39 is 0 Å². The van der Waals surface area contributed by atoms with Gasteiger partial charge in [-0.05, 0) is 43.3 Å². The molecule has 5 heteroatoms. The molecule has 0 aliphatic carbocycles. The van der Waals surface area contributed by atoms with Crippen LogP contribution in [0.5, 0.6) is 0 Å². The molecule has 2 heterocycles. The van der Waals surface area contributed by atoms with Gasteiger partial charge in [-0.25, -0.2) is 4.68 Å². The second-order valence-corrected chi connectivity index (χ2v) is 5.25. The normalized spacial score (nSPS) is 12.6. The lowest BCUT2D eigenvalue weighted by Crippen LogP contribution is -2.16. The summed E-state index contributed by atoms with van der Waals surface area (Å²) in [5.74, 6) is 0. The summed E-state index contributed by atoms with van der Waals surface area (Å²) < 4.78 is 1.89. The van der Waals surface area contributed by atoms with Crippen molar-refractivity contribution in [2.45, 2.75) is 13.1 Å². The van der Waals surface area contributed by atoms with E-state index in [1.54, 1.807) is 6.20 Å². The molecule has 0 aliphatic heterocycles. The highest BCUT2D eigenvalue weighted by molar-refractivity contribution is 5.82. The van der Waals surface area contributed by atoms with E-state index in [2.05, 4.69) is 39.7 Å². The van der Waals surface area contributed by atoms with Gasteiger partial charge in [0.1, 0.15) is 11.7 Å². The Kier molecular flexibility index (Phi) is 2.96. The highest BCUT2D eigenvalue weighted by Crippen LogP contribution is 2.21. The number of hydrogen-bond donors (Lipinski definition) is 1. The van der Waals surface area contributed by atoms with Crippen LogP contribution in [-0.2, 0) is 0 Å². The van der Waals surface area contributed by atoms with Gasteiger partial charge in [-0.3, -0.25) is 4.98 Å². The fourth-order valence-electron chi connectivity index (χ4n) is 2.64. The molecule has 0 aliphatic rings. The summed E-state index contributed by atoms with van der Waals surface area (Å²) in [6, 6.07) is 18.1. The van der Waals surface area contributed by atoms with Gasteiger partial charge in [0.05, 0.1) is 11.0 Å². The van der Waals surface area contributed by atoms with Gasteiger partial charge in [-0.15, -0.1) is 5.10 Å². The lowest BCUT2D eigenvalue weighted by atomic mass is 10.2.